The molecule has 4 aromatic rings. The van der Waals surface area contributed by atoms with Gasteiger partial charge in [-0.1, -0.05) is 0 Å². The number of hydrogen-bond donors (Lipinski definition) is 3. The second-order valence-corrected chi connectivity index (χ2v) is 9.92. The molecule has 2 fully saturated rings. The van der Waals surface area contributed by atoms with E-state index in [2.05, 4.69) is 36.3 Å². The van der Waals surface area contributed by atoms with Gasteiger partial charge in [0.05, 0.1) is 38.2 Å². The van der Waals surface area contributed by atoms with Crippen LogP contribution < -0.4 is 15.4 Å². The number of alkyl halides is 1. The highest BCUT2D eigenvalue weighted by Gasteiger charge is 2.43. The molecule has 1 saturated heterocycles. The Morgan fingerprint density at radius 3 is 2.80 bits per heavy atom. The zero-order chi connectivity index (χ0) is 28.6. The molecule has 0 spiro atoms. The van der Waals surface area contributed by atoms with Crippen molar-refractivity contribution in [2.75, 3.05) is 20.3 Å². The third-order valence-corrected chi connectivity index (χ3v) is 7.11. The van der Waals surface area contributed by atoms with Gasteiger partial charge in [0.25, 0.3) is 5.91 Å². The Hall–Kier alpha value is -4.79. The second-order valence-electron chi connectivity index (χ2n) is 9.92. The van der Waals surface area contributed by atoms with Crippen molar-refractivity contribution in [3.05, 3.63) is 77.0 Å². The first-order valence-electron chi connectivity index (χ1n) is 12.9. The van der Waals surface area contributed by atoms with E-state index in [4.69, 9.17) is 15.0 Å². The van der Waals surface area contributed by atoms with E-state index in [0.29, 0.717) is 28.5 Å². The lowest BCUT2D eigenvalue weighted by molar-refractivity contribution is -0.134. The molecule has 13 nitrogen and oxygen atoms in total. The minimum atomic E-state index is -1.57. The van der Waals surface area contributed by atoms with E-state index in [9.17, 15) is 4.79 Å². The van der Waals surface area contributed by atoms with Gasteiger partial charge in [-0.15, -0.1) is 5.10 Å². The number of amides is 1. The maximum atomic E-state index is 15.4. The molecule has 41 heavy (non-hydrogen) atoms. The van der Waals surface area contributed by atoms with Crippen molar-refractivity contribution >= 4 is 11.6 Å². The van der Waals surface area contributed by atoms with Crippen LogP contribution in [0.5, 0.6) is 5.75 Å². The summed E-state index contributed by atoms with van der Waals surface area (Å²) in [4.78, 5) is 17.4. The SMILES string of the molecule is COc1ccc(-n2cnnn2)c(CNC(=O)/C(=C/NCc2cn3cc(C4CC4)cc(C4(F)COC4)c3n2)N=N)c1F. The first-order chi connectivity index (χ1) is 19.9. The summed E-state index contributed by atoms with van der Waals surface area (Å²) >= 11 is 0. The van der Waals surface area contributed by atoms with Gasteiger partial charge in [-0.3, -0.25) is 4.79 Å². The number of tetrazole rings is 1. The van der Waals surface area contributed by atoms with Crippen LogP contribution in [0.15, 0.2) is 53.9 Å². The van der Waals surface area contributed by atoms with Crippen LogP contribution in [-0.2, 0) is 28.3 Å². The first kappa shape index (κ1) is 26.4. The van der Waals surface area contributed by atoms with Crippen LogP contribution in [0.2, 0.25) is 0 Å². The highest BCUT2D eigenvalue weighted by molar-refractivity contribution is 5.92. The zero-order valence-corrected chi connectivity index (χ0v) is 22.0. The molecule has 1 saturated carbocycles. The van der Waals surface area contributed by atoms with Crippen LogP contribution in [0.3, 0.4) is 0 Å². The van der Waals surface area contributed by atoms with Gasteiger partial charge in [0, 0.05) is 36.3 Å². The predicted octanol–water partition coefficient (Wildman–Crippen LogP) is 2.81. The third-order valence-electron chi connectivity index (χ3n) is 7.11. The largest absolute Gasteiger partial charge is 0.494 e. The summed E-state index contributed by atoms with van der Waals surface area (Å²) in [7, 11) is 1.33. The Labute approximate surface area is 232 Å². The van der Waals surface area contributed by atoms with Gasteiger partial charge >= 0.3 is 0 Å². The van der Waals surface area contributed by atoms with Crippen LogP contribution in [0.4, 0.5) is 8.78 Å². The molecule has 0 radical (unpaired) electrons. The summed E-state index contributed by atoms with van der Waals surface area (Å²) in [5, 5.41) is 19.7. The molecule has 15 heteroatoms. The number of fused-ring (bicyclic) bond motifs is 1. The molecule has 1 aliphatic heterocycles. The van der Waals surface area contributed by atoms with E-state index in [1.54, 1.807) is 12.3 Å². The van der Waals surface area contributed by atoms with Crippen LogP contribution >= 0.6 is 0 Å². The van der Waals surface area contributed by atoms with Crippen LogP contribution in [-0.4, -0.2) is 55.8 Å². The lowest BCUT2D eigenvalue weighted by atomic mass is 9.93. The van der Waals surface area contributed by atoms with Crippen LogP contribution in [0, 0.1) is 11.3 Å². The van der Waals surface area contributed by atoms with Crippen molar-refractivity contribution in [2.24, 2.45) is 5.11 Å². The van der Waals surface area contributed by atoms with Gasteiger partial charge in [0.15, 0.2) is 22.9 Å². The third kappa shape index (κ3) is 5.11. The summed E-state index contributed by atoms with van der Waals surface area (Å²) in [5.74, 6) is -0.985. The molecular formula is C26H26F2N10O3. The van der Waals surface area contributed by atoms with Crippen LogP contribution in [0.1, 0.15) is 41.1 Å². The Balaban J connectivity index is 1.16. The number of methoxy groups -OCH3 is 1. The molecule has 3 N–H and O–H groups in total. The van der Waals surface area contributed by atoms with E-state index in [0.717, 1.165) is 18.4 Å². The molecule has 2 aliphatic rings. The monoisotopic (exact) mass is 564 g/mol. The highest BCUT2D eigenvalue weighted by Crippen LogP contribution is 2.43. The number of pyridine rings is 1. The molecule has 6 rings (SSSR count). The van der Waals surface area contributed by atoms with Gasteiger partial charge in [-0.25, -0.2) is 24.0 Å². The summed E-state index contributed by atoms with van der Waals surface area (Å²) in [6, 6.07) is 4.88. The summed E-state index contributed by atoms with van der Waals surface area (Å²) in [5.41, 5.74) is 8.75. The van der Waals surface area contributed by atoms with E-state index < -0.39 is 17.4 Å². The molecule has 1 amide bonds. The number of nitrogens with zero attached hydrogens (tertiary/aromatic N) is 7. The van der Waals surface area contributed by atoms with Gasteiger partial charge < -0.3 is 24.5 Å². The Bertz CT molecular complexity index is 1640. The van der Waals surface area contributed by atoms with E-state index in [1.807, 2.05) is 16.7 Å². The minimum Gasteiger partial charge on any atom is -0.494 e. The Morgan fingerprint density at radius 1 is 1.32 bits per heavy atom. The van der Waals surface area contributed by atoms with Gasteiger partial charge in [0.2, 0.25) is 0 Å². The van der Waals surface area contributed by atoms with Crippen molar-refractivity contribution in [1.82, 2.24) is 40.2 Å². The van der Waals surface area contributed by atoms with Gasteiger partial charge in [-0.05, 0) is 52.9 Å². The molecule has 0 bridgehead atoms. The molecule has 0 atom stereocenters. The predicted molar refractivity (Wildman–Crippen MR) is 138 cm³/mol. The average Bonchev–Trinajstić information content (AvgIpc) is 3.50. The maximum Gasteiger partial charge on any atom is 0.273 e. The smallest absolute Gasteiger partial charge is 0.273 e. The number of halogens is 2. The fraction of sp³-hybridized carbons (Fsp3) is 0.346. The fourth-order valence-corrected chi connectivity index (χ4v) is 4.72. The van der Waals surface area contributed by atoms with Gasteiger partial charge in [0.1, 0.15) is 12.0 Å². The van der Waals surface area contributed by atoms with Crippen molar-refractivity contribution < 1.29 is 23.0 Å². The van der Waals surface area contributed by atoms with Crippen LogP contribution in [0.25, 0.3) is 11.3 Å². The van der Waals surface area contributed by atoms with Gasteiger partial charge in [-0.2, -0.15) is 5.11 Å². The highest BCUT2D eigenvalue weighted by atomic mass is 19.1. The normalized spacial score (nSPS) is 16.3. The molecule has 1 aliphatic carbocycles. The molecule has 3 aromatic heterocycles. The van der Waals surface area contributed by atoms with E-state index in [1.165, 1.54) is 30.4 Å². The van der Waals surface area contributed by atoms with Crippen molar-refractivity contribution in [3.63, 3.8) is 0 Å². The molecule has 0 unspecified atom stereocenters. The average molecular weight is 565 g/mol. The second kappa shape index (κ2) is 10.6. The number of imidazole rings is 1. The zero-order valence-electron chi connectivity index (χ0n) is 22.0. The van der Waals surface area contributed by atoms with E-state index in [-0.39, 0.29) is 43.3 Å². The molecule has 4 heterocycles. The number of hydrogen-bond acceptors (Lipinski definition) is 10. The van der Waals surface area contributed by atoms with Crippen molar-refractivity contribution in [1.29, 1.82) is 5.53 Å². The summed E-state index contributed by atoms with van der Waals surface area (Å²) in [6.45, 7) is -0.0618. The standard InChI is InChI=1S/C26H26F2N10O3/c1-40-22-5-4-21(38-14-32-35-36-38)18(23(22)27)8-31-25(39)20(34-29)9-30-7-17-11-37-10-16(15-2-3-15)6-19(24(37)33-17)26(28)12-41-13-26/h4-6,9-11,14-15,29-30H,2-3,7-8,12-13H2,1H3,(H,31,39)/b20-9-,34-29?. The minimum absolute atomic E-state index is 0.000312. The fourth-order valence-electron chi connectivity index (χ4n) is 4.72. The van der Waals surface area contributed by atoms with Crippen molar-refractivity contribution in [2.45, 2.75) is 37.5 Å². The lowest BCUT2D eigenvalue weighted by Gasteiger charge is -2.34. The number of rotatable bonds is 11. The number of benzene rings is 1. The number of carbonyl (C=O) groups is 1. The molecular weight excluding hydrogens is 538 g/mol. The maximum absolute atomic E-state index is 15.4. The first-order valence-corrected chi connectivity index (χ1v) is 12.9. The Morgan fingerprint density at radius 2 is 2.15 bits per heavy atom. The molecule has 212 valence electrons. The molecule has 1 aromatic carbocycles. The summed E-state index contributed by atoms with van der Waals surface area (Å²) in [6.07, 6.45) is 8.51. The lowest BCUT2D eigenvalue weighted by Crippen LogP contribution is -2.43. The number of ether oxygens (including phenoxy) is 2. The topological polar surface area (TPSA) is 157 Å². The van der Waals surface area contributed by atoms with Crippen molar-refractivity contribution in [3.8, 4) is 11.4 Å². The number of carbonyl (C=O) groups excluding carboxylic acids is 1. The summed E-state index contributed by atoms with van der Waals surface area (Å²) < 4.78 is 43.7. The quantitative estimate of drug-likeness (QED) is 0.185. The number of nitrogens with one attached hydrogen (secondary N) is 3. The number of aromatic nitrogens is 6. The Kier molecular flexibility index (Phi) is 6.86. The van der Waals surface area contributed by atoms with E-state index >= 15 is 8.78 Å².